The highest BCUT2D eigenvalue weighted by Gasteiger charge is 2.12. The van der Waals surface area contributed by atoms with Gasteiger partial charge in [-0.05, 0) is 43.7 Å². The summed E-state index contributed by atoms with van der Waals surface area (Å²) in [5, 5.41) is 0. The van der Waals surface area contributed by atoms with Gasteiger partial charge in [0.2, 0.25) is 0 Å². The van der Waals surface area contributed by atoms with Crippen LogP contribution in [0.25, 0.3) is 0 Å². The van der Waals surface area contributed by atoms with Crippen molar-refractivity contribution >= 4 is 5.78 Å². The van der Waals surface area contributed by atoms with E-state index in [2.05, 4.69) is 0 Å². The number of carbonyl (C=O) groups excluding carboxylic acids is 1. The first kappa shape index (κ1) is 14.3. The van der Waals surface area contributed by atoms with Crippen LogP contribution in [0.5, 0.6) is 5.75 Å². The Balaban J connectivity index is 2.27. The Morgan fingerprint density at radius 3 is 2.55 bits per heavy atom. The smallest absolute Gasteiger partial charge is 0.167 e. The molecule has 0 aromatic heterocycles. The summed E-state index contributed by atoms with van der Waals surface area (Å²) < 4.78 is 18.5. The zero-order valence-corrected chi connectivity index (χ0v) is 11.9. The molecule has 2 aromatic carbocycles. The molecular formula is C17H17FO2. The summed E-state index contributed by atoms with van der Waals surface area (Å²) in [7, 11) is 1.58. The van der Waals surface area contributed by atoms with Crippen molar-refractivity contribution in [1.29, 1.82) is 0 Å². The Kier molecular flexibility index (Phi) is 4.18. The molecule has 0 N–H and O–H groups in total. The summed E-state index contributed by atoms with van der Waals surface area (Å²) in [4.78, 5) is 12.3. The molecule has 104 valence electrons. The third-order valence-corrected chi connectivity index (χ3v) is 3.27. The summed E-state index contributed by atoms with van der Waals surface area (Å²) in [6.07, 6.45) is 0.246. The second kappa shape index (κ2) is 5.87. The molecule has 0 aliphatic rings. The van der Waals surface area contributed by atoms with Crippen LogP contribution in [0.2, 0.25) is 0 Å². The minimum atomic E-state index is -0.297. The first-order chi connectivity index (χ1) is 9.51. The number of hydrogen-bond donors (Lipinski definition) is 0. The molecule has 0 fully saturated rings. The summed E-state index contributed by atoms with van der Waals surface area (Å²) >= 11 is 0. The number of Topliss-reactive ketones (excluding diaryl/α,β-unsaturated/α-hetero) is 1. The molecule has 0 aliphatic carbocycles. The van der Waals surface area contributed by atoms with Gasteiger partial charge in [0.15, 0.2) is 5.78 Å². The third-order valence-electron chi connectivity index (χ3n) is 3.27. The normalized spacial score (nSPS) is 10.4. The van der Waals surface area contributed by atoms with E-state index >= 15 is 0 Å². The van der Waals surface area contributed by atoms with Crippen molar-refractivity contribution in [3.05, 3.63) is 64.5 Å². The van der Waals surface area contributed by atoms with Crippen LogP contribution >= 0.6 is 0 Å². The number of hydrogen-bond acceptors (Lipinski definition) is 2. The minimum Gasteiger partial charge on any atom is -0.496 e. The second-order valence-corrected chi connectivity index (χ2v) is 4.88. The molecule has 0 bridgehead atoms. The van der Waals surface area contributed by atoms with Crippen LogP contribution in [0.3, 0.4) is 0 Å². The number of ether oxygens (including phenoxy) is 1. The molecule has 2 aromatic rings. The SMILES string of the molecule is COc1ccc(C)cc1CC(=O)c1ccc(F)c(C)c1. The fraction of sp³-hybridized carbons (Fsp3) is 0.235. The number of carbonyl (C=O) groups is 1. The van der Waals surface area contributed by atoms with Gasteiger partial charge < -0.3 is 4.74 Å². The van der Waals surface area contributed by atoms with Crippen molar-refractivity contribution in [2.24, 2.45) is 0 Å². The highest BCUT2D eigenvalue weighted by atomic mass is 19.1. The molecule has 2 nitrogen and oxygen atoms in total. The predicted molar refractivity (Wildman–Crippen MR) is 76.9 cm³/mol. The molecule has 0 unspecified atom stereocenters. The van der Waals surface area contributed by atoms with Gasteiger partial charge in [-0.2, -0.15) is 0 Å². The van der Waals surface area contributed by atoms with E-state index in [0.717, 1.165) is 11.1 Å². The van der Waals surface area contributed by atoms with E-state index in [1.165, 1.54) is 12.1 Å². The van der Waals surface area contributed by atoms with E-state index in [-0.39, 0.29) is 18.0 Å². The Bertz CT molecular complexity index is 647. The maximum absolute atomic E-state index is 13.2. The van der Waals surface area contributed by atoms with Crippen LogP contribution < -0.4 is 4.74 Å². The number of ketones is 1. The van der Waals surface area contributed by atoms with Gasteiger partial charge in [-0.25, -0.2) is 4.39 Å². The Morgan fingerprint density at radius 2 is 1.90 bits per heavy atom. The number of aryl methyl sites for hydroxylation is 2. The maximum atomic E-state index is 13.2. The van der Waals surface area contributed by atoms with Gasteiger partial charge in [0.1, 0.15) is 11.6 Å². The van der Waals surface area contributed by atoms with Crippen LogP contribution in [0.15, 0.2) is 36.4 Å². The van der Waals surface area contributed by atoms with E-state index in [1.54, 1.807) is 20.1 Å². The number of halogens is 1. The zero-order chi connectivity index (χ0) is 14.7. The minimum absolute atomic E-state index is 0.0444. The first-order valence-corrected chi connectivity index (χ1v) is 6.44. The van der Waals surface area contributed by atoms with Gasteiger partial charge in [-0.3, -0.25) is 4.79 Å². The molecular weight excluding hydrogens is 255 g/mol. The highest BCUT2D eigenvalue weighted by Crippen LogP contribution is 2.22. The van der Waals surface area contributed by atoms with Gasteiger partial charge in [0.05, 0.1) is 7.11 Å². The van der Waals surface area contributed by atoms with E-state index in [1.807, 2.05) is 25.1 Å². The molecule has 0 spiro atoms. The third kappa shape index (κ3) is 3.05. The summed E-state index contributed by atoms with van der Waals surface area (Å²) in [6, 6.07) is 10.2. The lowest BCUT2D eigenvalue weighted by molar-refractivity contribution is 0.0992. The molecule has 0 aliphatic heterocycles. The standard InChI is InChI=1S/C17H17FO2/c1-11-4-7-17(20-3)14(8-11)10-16(19)13-5-6-15(18)12(2)9-13/h4-9H,10H2,1-3H3. The zero-order valence-electron chi connectivity index (χ0n) is 11.9. The molecule has 0 saturated carbocycles. The van der Waals surface area contributed by atoms with Crippen LogP contribution in [0.1, 0.15) is 27.0 Å². The molecule has 0 radical (unpaired) electrons. The fourth-order valence-corrected chi connectivity index (χ4v) is 2.14. The second-order valence-electron chi connectivity index (χ2n) is 4.88. The van der Waals surface area contributed by atoms with E-state index < -0.39 is 0 Å². The first-order valence-electron chi connectivity index (χ1n) is 6.44. The lowest BCUT2D eigenvalue weighted by Gasteiger charge is -2.09. The maximum Gasteiger partial charge on any atom is 0.167 e. The van der Waals surface area contributed by atoms with E-state index in [4.69, 9.17) is 4.74 Å². The van der Waals surface area contributed by atoms with Crippen molar-refractivity contribution in [3.63, 3.8) is 0 Å². The predicted octanol–water partition coefficient (Wildman–Crippen LogP) is 3.88. The topological polar surface area (TPSA) is 26.3 Å². The average Bonchev–Trinajstić information content (AvgIpc) is 2.42. The van der Waals surface area contributed by atoms with Crippen molar-refractivity contribution in [2.75, 3.05) is 7.11 Å². The van der Waals surface area contributed by atoms with Gasteiger partial charge in [-0.1, -0.05) is 17.7 Å². The molecule has 0 saturated heterocycles. The fourth-order valence-electron chi connectivity index (χ4n) is 2.14. The van der Waals surface area contributed by atoms with Crippen LogP contribution in [-0.2, 0) is 6.42 Å². The number of methoxy groups -OCH3 is 1. The van der Waals surface area contributed by atoms with Gasteiger partial charge in [0, 0.05) is 17.5 Å². The van der Waals surface area contributed by atoms with E-state index in [9.17, 15) is 9.18 Å². The highest BCUT2D eigenvalue weighted by molar-refractivity contribution is 5.98. The van der Waals surface area contributed by atoms with Gasteiger partial charge >= 0.3 is 0 Å². The molecule has 2 rings (SSSR count). The number of rotatable bonds is 4. The lowest BCUT2D eigenvalue weighted by atomic mass is 9.99. The van der Waals surface area contributed by atoms with Crippen LogP contribution in [-0.4, -0.2) is 12.9 Å². The number of benzene rings is 2. The summed E-state index contributed by atoms with van der Waals surface area (Å²) in [5.41, 5.74) is 2.92. The molecule has 3 heteroatoms. The lowest BCUT2D eigenvalue weighted by Crippen LogP contribution is -2.06. The Morgan fingerprint density at radius 1 is 1.15 bits per heavy atom. The summed E-state index contributed by atoms with van der Waals surface area (Å²) in [5.74, 6) is 0.356. The van der Waals surface area contributed by atoms with Gasteiger partial charge in [0.25, 0.3) is 0 Å². The van der Waals surface area contributed by atoms with E-state index in [0.29, 0.717) is 16.9 Å². The van der Waals surface area contributed by atoms with Crippen molar-refractivity contribution in [2.45, 2.75) is 20.3 Å². The molecule has 0 atom stereocenters. The quantitative estimate of drug-likeness (QED) is 0.790. The molecule has 0 heterocycles. The van der Waals surface area contributed by atoms with Gasteiger partial charge in [-0.15, -0.1) is 0 Å². The summed E-state index contributed by atoms with van der Waals surface area (Å²) in [6.45, 7) is 3.62. The Hall–Kier alpha value is -2.16. The monoisotopic (exact) mass is 272 g/mol. The van der Waals surface area contributed by atoms with Crippen molar-refractivity contribution in [1.82, 2.24) is 0 Å². The van der Waals surface area contributed by atoms with Crippen LogP contribution in [0.4, 0.5) is 4.39 Å². The van der Waals surface area contributed by atoms with Crippen LogP contribution in [0, 0.1) is 19.7 Å². The molecule has 0 amide bonds. The average molecular weight is 272 g/mol. The Labute approximate surface area is 118 Å². The van der Waals surface area contributed by atoms with Crippen molar-refractivity contribution in [3.8, 4) is 5.75 Å². The van der Waals surface area contributed by atoms with Crippen molar-refractivity contribution < 1.29 is 13.9 Å². The largest absolute Gasteiger partial charge is 0.496 e. The molecule has 20 heavy (non-hydrogen) atoms.